The highest BCUT2D eigenvalue weighted by Crippen LogP contribution is 2.35. The standard InChI is InChI=1S/C26H26ClNO2/c1-2-30-25(29)19-28-23-15-13-22(14-16-23)26(21-11-7-4-8-12-21)24(17-18-27)20-9-5-3-6-10-20/h3-16,28H,2,17-19H2,1H3. The van der Waals surface area contributed by atoms with Gasteiger partial charge in [0.15, 0.2) is 0 Å². The highest BCUT2D eigenvalue weighted by molar-refractivity contribution is 6.18. The second-order valence-corrected chi connectivity index (χ2v) is 7.14. The molecule has 3 aromatic rings. The second kappa shape index (κ2) is 11.2. The normalized spacial score (nSPS) is 11.5. The minimum absolute atomic E-state index is 0.149. The van der Waals surface area contributed by atoms with E-state index in [1.54, 1.807) is 6.92 Å². The van der Waals surface area contributed by atoms with Crippen molar-refractivity contribution in [1.29, 1.82) is 0 Å². The molecule has 0 saturated carbocycles. The number of anilines is 1. The summed E-state index contributed by atoms with van der Waals surface area (Å²) in [4.78, 5) is 11.6. The molecule has 0 aliphatic carbocycles. The minimum Gasteiger partial charge on any atom is -0.465 e. The summed E-state index contributed by atoms with van der Waals surface area (Å²) in [6.07, 6.45) is 0.763. The van der Waals surface area contributed by atoms with Crippen molar-refractivity contribution in [1.82, 2.24) is 0 Å². The van der Waals surface area contributed by atoms with Crippen molar-refractivity contribution < 1.29 is 9.53 Å². The van der Waals surface area contributed by atoms with E-state index in [0.29, 0.717) is 12.5 Å². The van der Waals surface area contributed by atoms with Crippen molar-refractivity contribution in [3.05, 3.63) is 102 Å². The van der Waals surface area contributed by atoms with Crippen LogP contribution in [0.15, 0.2) is 84.9 Å². The van der Waals surface area contributed by atoms with Crippen molar-refractivity contribution in [2.75, 3.05) is 24.3 Å². The molecule has 0 saturated heterocycles. The van der Waals surface area contributed by atoms with Crippen LogP contribution in [0, 0.1) is 0 Å². The van der Waals surface area contributed by atoms with Crippen LogP contribution in [0.3, 0.4) is 0 Å². The Kier molecular flexibility index (Phi) is 8.10. The summed E-state index contributed by atoms with van der Waals surface area (Å²) in [5.74, 6) is 0.277. The Morgan fingerprint density at radius 3 is 1.97 bits per heavy atom. The molecular formula is C26H26ClNO2. The molecule has 0 amide bonds. The number of alkyl halides is 1. The van der Waals surface area contributed by atoms with E-state index < -0.39 is 0 Å². The molecule has 4 heteroatoms. The molecule has 3 aromatic carbocycles. The molecule has 0 radical (unpaired) electrons. The number of allylic oxidation sites excluding steroid dienone is 1. The van der Waals surface area contributed by atoms with E-state index in [9.17, 15) is 4.79 Å². The van der Waals surface area contributed by atoms with E-state index in [-0.39, 0.29) is 12.5 Å². The first kappa shape index (κ1) is 21.7. The maximum atomic E-state index is 11.6. The summed E-state index contributed by atoms with van der Waals surface area (Å²) in [6, 6.07) is 28.9. The maximum Gasteiger partial charge on any atom is 0.325 e. The van der Waals surface area contributed by atoms with Gasteiger partial charge >= 0.3 is 5.97 Å². The lowest BCUT2D eigenvalue weighted by Gasteiger charge is -2.17. The first-order valence-electron chi connectivity index (χ1n) is 10.1. The fraction of sp³-hybridized carbons (Fsp3) is 0.192. The third kappa shape index (κ3) is 5.74. The Bertz CT molecular complexity index is 967. The predicted octanol–water partition coefficient (Wildman–Crippen LogP) is 6.25. The summed E-state index contributed by atoms with van der Waals surface area (Å²) in [5.41, 5.74) is 6.67. The molecule has 154 valence electrons. The third-order valence-corrected chi connectivity index (χ3v) is 4.94. The molecule has 0 heterocycles. The molecule has 0 aliphatic rings. The molecule has 30 heavy (non-hydrogen) atoms. The Morgan fingerprint density at radius 1 is 0.833 bits per heavy atom. The van der Waals surface area contributed by atoms with E-state index in [1.807, 2.05) is 36.4 Å². The molecule has 0 fully saturated rings. The molecule has 0 aromatic heterocycles. The van der Waals surface area contributed by atoms with E-state index in [2.05, 4.69) is 53.8 Å². The molecule has 0 atom stereocenters. The third-order valence-electron chi connectivity index (χ3n) is 4.75. The van der Waals surface area contributed by atoms with Gasteiger partial charge in [-0.3, -0.25) is 4.79 Å². The lowest BCUT2D eigenvalue weighted by molar-refractivity contribution is -0.140. The van der Waals surface area contributed by atoms with Gasteiger partial charge in [-0.25, -0.2) is 0 Å². The number of carbonyl (C=O) groups excluding carboxylic acids is 1. The number of benzene rings is 3. The van der Waals surface area contributed by atoms with E-state index in [1.165, 1.54) is 16.7 Å². The van der Waals surface area contributed by atoms with Crippen LogP contribution in [0.2, 0.25) is 0 Å². The fourth-order valence-electron chi connectivity index (χ4n) is 3.41. The van der Waals surface area contributed by atoms with Gasteiger partial charge in [0.1, 0.15) is 6.54 Å². The molecule has 1 N–H and O–H groups in total. The van der Waals surface area contributed by atoms with Crippen molar-refractivity contribution in [3.63, 3.8) is 0 Å². The van der Waals surface area contributed by atoms with Gasteiger partial charge < -0.3 is 10.1 Å². The second-order valence-electron chi connectivity index (χ2n) is 6.76. The van der Waals surface area contributed by atoms with E-state index >= 15 is 0 Å². The number of hydrogen-bond donors (Lipinski definition) is 1. The molecule has 3 nitrogen and oxygen atoms in total. The smallest absolute Gasteiger partial charge is 0.325 e. The summed E-state index contributed by atoms with van der Waals surface area (Å²) in [6.45, 7) is 2.33. The Balaban J connectivity index is 2.00. The molecule has 0 bridgehead atoms. The summed E-state index contributed by atoms with van der Waals surface area (Å²) in [7, 11) is 0. The first-order valence-corrected chi connectivity index (χ1v) is 10.7. The van der Waals surface area contributed by atoms with Gasteiger partial charge in [0, 0.05) is 11.6 Å². The number of esters is 1. The molecule has 0 aliphatic heterocycles. The van der Waals surface area contributed by atoms with Gasteiger partial charge in [0.2, 0.25) is 0 Å². The number of ether oxygens (including phenoxy) is 1. The van der Waals surface area contributed by atoms with Crippen LogP contribution >= 0.6 is 11.6 Å². The molecule has 0 unspecified atom stereocenters. The predicted molar refractivity (Wildman–Crippen MR) is 126 cm³/mol. The highest BCUT2D eigenvalue weighted by Gasteiger charge is 2.14. The van der Waals surface area contributed by atoms with Crippen LogP contribution in [0.4, 0.5) is 5.69 Å². The van der Waals surface area contributed by atoms with Crippen LogP contribution in [-0.2, 0) is 9.53 Å². The monoisotopic (exact) mass is 419 g/mol. The van der Waals surface area contributed by atoms with Crippen LogP contribution in [0.5, 0.6) is 0 Å². The Morgan fingerprint density at radius 2 is 1.40 bits per heavy atom. The topological polar surface area (TPSA) is 38.3 Å². The lowest BCUT2D eigenvalue weighted by atomic mass is 9.88. The van der Waals surface area contributed by atoms with Gasteiger partial charge in [-0.05, 0) is 53.3 Å². The number of rotatable bonds is 9. The maximum absolute atomic E-state index is 11.6. The largest absolute Gasteiger partial charge is 0.465 e. The quantitative estimate of drug-likeness (QED) is 0.253. The molecule has 3 rings (SSSR count). The Labute approximate surface area is 183 Å². The summed E-state index contributed by atoms with van der Waals surface area (Å²) < 4.78 is 4.97. The van der Waals surface area contributed by atoms with Crippen molar-refractivity contribution >= 4 is 34.4 Å². The van der Waals surface area contributed by atoms with Crippen LogP contribution < -0.4 is 5.32 Å². The Hall–Kier alpha value is -3.04. The lowest BCUT2D eigenvalue weighted by Crippen LogP contribution is -2.16. The minimum atomic E-state index is -0.264. The van der Waals surface area contributed by atoms with Crippen molar-refractivity contribution in [3.8, 4) is 0 Å². The van der Waals surface area contributed by atoms with Crippen LogP contribution in [0.25, 0.3) is 11.1 Å². The molecular weight excluding hydrogens is 394 g/mol. The van der Waals surface area contributed by atoms with Crippen LogP contribution in [-0.4, -0.2) is 25.0 Å². The van der Waals surface area contributed by atoms with Gasteiger partial charge in [0.25, 0.3) is 0 Å². The zero-order valence-corrected chi connectivity index (χ0v) is 17.9. The SMILES string of the molecule is CCOC(=O)CNc1ccc(C(=C(CCCl)c2ccccc2)c2ccccc2)cc1. The van der Waals surface area contributed by atoms with Gasteiger partial charge in [-0.1, -0.05) is 72.8 Å². The highest BCUT2D eigenvalue weighted by atomic mass is 35.5. The van der Waals surface area contributed by atoms with Crippen molar-refractivity contribution in [2.24, 2.45) is 0 Å². The fourth-order valence-corrected chi connectivity index (χ4v) is 3.60. The number of hydrogen-bond acceptors (Lipinski definition) is 3. The number of nitrogens with one attached hydrogen (secondary N) is 1. The van der Waals surface area contributed by atoms with Crippen LogP contribution in [0.1, 0.15) is 30.0 Å². The zero-order chi connectivity index (χ0) is 21.2. The van der Waals surface area contributed by atoms with Gasteiger partial charge in [0.05, 0.1) is 6.61 Å². The van der Waals surface area contributed by atoms with Gasteiger partial charge in [-0.15, -0.1) is 11.6 Å². The first-order chi connectivity index (χ1) is 14.7. The molecule has 0 spiro atoms. The van der Waals surface area contributed by atoms with Crippen molar-refractivity contribution in [2.45, 2.75) is 13.3 Å². The zero-order valence-electron chi connectivity index (χ0n) is 17.1. The van der Waals surface area contributed by atoms with E-state index in [4.69, 9.17) is 16.3 Å². The number of carbonyl (C=O) groups is 1. The van der Waals surface area contributed by atoms with E-state index in [0.717, 1.165) is 23.2 Å². The average molecular weight is 420 g/mol. The summed E-state index contributed by atoms with van der Waals surface area (Å²) >= 11 is 6.20. The summed E-state index contributed by atoms with van der Waals surface area (Å²) in [5, 5.41) is 3.11. The number of halogens is 1. The average Bonchev–Trinajstić information content (AvgIpc) is 2.80. The van der Waals surface area contributed by atoms with Gasteiger partial charge in [-0.2, -0.15) is 0 Å².